The Kier molecular flexibility index (Phi) is 4.61. The van der Waals surface area contributed by atoms with Crippen LogP contribution in [0, 0.1) is 0 Å². The van der Waals surface area contributed by atoms with E-state index in [0.29, 0.717) is 11.8 Å². The third kappa shape index (κ3) is 3.14. The summed E-state index contributed by atoms with van der Waals surface area (Å²) in [6, 6.07) is 17.1. The van der Waals surface area contributed by atoms with Gasteiger partial charge in [0, 0.05) is 16.9 Å². The number of nitrogens with one attached hydrogen (secondary N) is 1. The fourth-order valence-corrected chi connectivity index (χ4v) is 3.75. The molecule has 0 spiro atoms. The molecular weight excluding hydrogens is 326 g/mol. The van der Waals surface area contributed by atoms with Crippen LogP contribution >= 0.6 is 15.9 Å². The molecule has 2 atom stereocenters. The topological polar surface area (TPSA) is 21.3 Å². The van der Waals surface area contributed by atoms with Crippen LogP contribution in [0.5, 0.6) is 5.75 Å². The summed E-state index contributed by atoms with van der Waals surface area (Å²) in [4.78, 5) is 0. The number of halogens is 1. The van der Waals surface area contributed by atoms with Crippen molar-refractivity contribution in [2.75, 3.05) is 20.2 Å². The molecule has 3 heteroatoms. The van der Waals surface area contributed by atoms with Crippen molar-refractivity contribution in [2.45, 2.75) is 18.3 Å². The Morgan fingerprint density at radius 1 is 1.10 bits per heavy atom. The summed E-state index contributed by atoms with van der Waals surface area (Å²) in [6.45, 7) is 2.09. The van der Waals surface area contributed by atoms with Gasteiger partial charge in [0.15, 0.2) is 0 Å². The second-order valence-corrected chi connectivity index (χ2v) is 6.36. The Bertz CT molecular complexity index is 599. The molecule has 1 aliphatic rings. The highest BCUT2D eigenvalue weighted by Gasteiger charge is 2.29. The van der Waals surface area contributed by atoms with Crippen LogP contribution in [0.2, 0.25) is 0 Å². The Morgan fingerprint density at radius 2 is 1.90 bits per heavy atom. The second-order valence-electron chi connectivity index (χ2n) is 5.50. The van der Waals surface area contributed by atoms with E-state index in [4.69, 9.17) is 4.74 Å². The van der Waals surface area contributed by atoms with Gasteiger partial charge in [-0.1, -0.05) is 46.3 Å². The first-order valence-corrected chi connectivity index (χ1v) is 8.18. The zero-order valence-electron chi connectivity index (χ0n) is 12.2. The van der Waals surface area contributed by atoms with Gasteiger partial charge in [0.05, 0.1) is 7.11 Å². The Morgan fingerprint density at radius 3 is 2.67 bits per heavy atom. The molecule has 0 radical (unpaired) electrons. The van der Waals surface area contributed by atoms with E-state index in [1.165, 1.54) is 15.6 Å². The lowest BCUT2D eigenvalue weighted by molar-refractivity contribution is 0.395. The zero-order chi connectivity index (χ0) is 14.7. The lowest BCUT2D eigenvalue weighted by atomic mass is 9.77. The molecule has 2 nitrogen and oxygen atoms in total. The number of hydrogen-bond donors (Lipinski definition) is 1. The Hall–Kier alpha value is -1.32. The van der Waals surface area contributed by atoms with Crippen LogP contribution in [0.4, 0.5) is 0 Å². The van der Waals surface area contributed by atoms with Crippen LogP contribution in [0.15, 0.2) is 53.0 Å². The molecule has 1 fully saturated rings. The highest BCUT2D eigenvalue weighted by molar-refractivity contribution is 9.10. The van der Waals surface area contributed by atoms with E-state index in [-0.39, 0.29) is 0 Å². The summed E-state index contributed by atoms with van der Waals surface area (Å²) >= 11 is 3.72. The smallest absolute Gasteiger partial charge is 0.119 e. The molecule has 1 aliphatic heterocycles. The van der Waals surface area contributed by atoms with Crippen molar-refractivity contribution in [3.05, 3.63) is 64.1 Å². The highest BCUT2D eigenvalue weighted by atomic mass is 79.9. The summed E-state index contributed by atoms with van der Waals surface area (Å²) in [5.41, 5.74) is 2.76. The van der Waals surface area contributed by atoms with Gasteiger partial charge in [-0.25, -0.2) is 0 Å². The molecule has 1 saturated heterocycles. The van der Waals surface area contributed by atoms with Gasteiger partial charge in [-0.05, 0) is 48.2 Å². The van der Waals surface area contributed by atoms with E-state index < -0.39 is 0 Å². The summed E-state index contributed by atoms with van der Waals surface area (Å²) in [5.74, 6) is 1.94. The molecule has 0 bridgehead atoms. The fraction of sp³-hybridized carbons (Fsp3) is 0.333. The number of benzene rings is 2. The van der Waals surface area contributed by atoms with Crippen LogP contribution < -0.4 is 10.1 Å². The first kappa shape index (κ1) is 14.6. The van der Waals surface area contributed by atoms with Crippen molar-refractivity contribution >= 4 is 15.9 Å². The van der Waals surface area contributed by atoms with Crippen molar-refractivity contribution in [3.63, 3.8) is 0 Å². The van der Waals surface area contributed by atoms with Crippen molar-refractivity contribution < 1.29 is 4.74 Å². The van der Waals surface area contributed by atoms with Crippen LogP contribution in [0.25, 0.3) is 0 Å². The van der Waals surface area contributed by atoms with E-state index in [1.807, 2.05) is 6.07 Å². The van der Waals surface area contributed by atoms with Gasteiger partial charge in [0.1, 0.15) is 5.75 Å². The third-order valence-electron chi connectivity index (χ3n) is 4.31. The SMILES string of the molecule is COc1ccc(Br)c(C2CCNCC2c2ccccc2)c1. The second kappa shape index (κ2) is 6.63. The zero-order valence-corrected chi connectivity index (χ0v) is 13.8. The first-order chi connectivity index (χ1) is 10.3. The largest absolute Gasteiger partial charge is 0.497 e. The van der Waals surface area contributed by atoms with E-state index in [9.17, 15) is 0 Å². The minimum atomic E-state index is 0.503. The lowest BCUT2D eigenvalue weighted by Gasteiger charge is -2.33. The van der Waals surface area contributed by atoms with Gasteiger partial charge < -0.3 is 10.1 Å². The summed E-state index contributed by atoms with van der Waals surface area (Å²) in [7, 11) is 1.73. The molecule has 1 N–H and O–H groups in total. The van der Waals surface area contributed by atoms with Gasteiger partial charge in [-0.15, -0.1) is 0 Å². The number of hydrogen-bond acceptors (Lipinski definition) is 2. The minimum absolute atomic E-state index is 0.503. The number of methoxy groups -OCH3 is 1. The molecule has 2 aromatic rings. The molecule has 0 saturated carbocycles. The van der Waals surface area contributed by atoms with Crippen LogP contribution in [0.1, 0.15) is 29.4 Å². The Balaban J connectivity index is 1.98. The maximum absolute atomic E-state index is 5.41. The summed E-state index contributed by atoms with van der Waals surface area (Å²) in [6.07, 6.45) is 1.14. The van der Waals surface area contributed by atoms with Crippen LogP contribution in [-0.2, 0) is 0 Å². The van der Waals surface area contributed by atoms with Crippen molar-refractivity contribution in [2.24, 2.45) is 0 Å². The molecule has 2 aromatic carbocycles. The molecule has 110 valence electrons. The Labute approximate surface area is 134 Å². The average Bonchev–Trinajstić information content (AvgIpc) is 2.56. The molecule has 21 heavy (non-hydrogen) atoms. The van der Waals surface area contributed by atoms with Crippen LogP contribution in [0.3, 0.4) is 0 Å². The van der Waals surface area contributed by atoms with E-state index in [2.05, 4.69) is 63.7 Å². The molecule has 2 unspecified atom stereocenters. The highest BCUT2D eigenvalue weighted by Crippen LogP contribution is 2.41. The summed E-state index contributed by atoms with van der Waals surface area (Å²) in [5, 5.41) is 3.53. The fourth-order valence-electron chi connectivity index (χ4n) is 3.21. The van der Waals surface area contributed by atoms with E-state index >= 15 is 0 Å². The third-order valence-corrected chi connectivity index (χ3v) is 5.03. The normalized spacial score (nSPS) is 22.0. The predicted octanol–water partition coefficient (Wildman–Crippen LogP) is 4.32. The standard InChI is InChI=1S/C18H20BrNO/c1-21-14-7-8-18(19)16(11-14)15-9-10-20-12-17(15)13-5-3-2-4-6-13/h2-8,11,15,17,20H,9-10,12H2,1H3. The molecule has 3 rings (SSSR count). The van der Waals surface area contributed by atoms with Gasteiger partial charge in [-0.2, -0.15) is 0 Å². The number of piperidine rings is 1. The van der Waals surface area contributed by atoms with Gasteiger partial charge in [-0.3, -0.25) is 0 Å². The molecule has 0 aromatic heterocycles. The minimum Gasteiger partial charge on any atom is -0.497 e. The summed E-state index contributed by atoms with van der Waals surface area (Å²) < 4.78 is 6.58. The van der Waals surface area contributed by atoms with Crippen molar-refractivity contribution in [1.29, 1.82) is 0 Å². The maximum Gasteiger partial charge on any atom is 0.119 e. The number of rotatable bonds is 3. The first-order valence-electron chi connectivity index (χ1n) is 7.38. The van der Waals surface area contributed by atoms with E-state index in [1.54, 1.807) is 7.11 Å². The van der Waals surface area contributed by atoms with Gasteiger partial charge >= 0.3 is 0 Å². The van der Waals surface area contributed by atoms with Gasteiger partial charge in [0.25, 0.3) is 0 Å². The maximum atomic E-state index is 5.41. The molecular formula is C18H20BrNO. The van der Waals surface area contributed by atoms with Crippen LogP contribution in [-0.4, -0.2) is 20.2 Å². The van der Waals surface area contributed by atoms with Crippen molar-refractivity contribution in [1.82, 2.24) is 5.32 Å². The predicted molar refractivity (Wildman–Crippen MR) is 90.1 cm³/mol. The van der Waals surface area contributed by atoms with Gasteiger partial charge in [0.2, 0.25) is 0 Å². The quantitative estimate of drug-likeness (QED) is 0.894. The average molecular weight is 346 g/mol. The molecule has 0 aliphatic carbocycles. The molecule has 0 amide bonds. The lowest BCUT2D eigenvalue weighted by Crippen LogP contribution is -2.34. The number of ether oxygens (including phenoxy) is 1. The van der Waals surface area contributed by atoms with E-state index in [0.717, 1.165) is 25.3 Å². The van der Waals surface area contributed by atoms with Crippen molar-refractivity contribution in [3.8, 4) is 5.75 Å². The molecule has 1 heterocycles. The monoisotopic (exact) mass is 345 g/mol.